The van der Waals surface area contributed by atoms with Gasteiger partial charge in [-0.15, -0.1) is 0 Å². The number of hydrogen-bond donors (Lipinski definition) is 1. The van der Waals surface area contributed by atoms with Crippen LogP contribution in [0.4, 0.5) is 0 Å². The van der Waals surface area contributed by atoms with Crippen LogP contribution in [-0.2, 0) is 23.3 Å². The van der Waals surface area contributed by atoms with E-state index in [0.717, 1.165) is 43.9 Å². The smallest absolute Gasteiger partial charge is 0.160 e. The molecule has 4 nitrogen and oxygen atoms in total. The van der Waals surface area contributed by atoms with Gasteiger partial charge in [-0.05, 0) is 51.1 Å². The molecule has 1 aliphatic carbocycles. The minimum atomic E-state index is -0.225. The average molecular weight is 247 g/mol. The van der Waals surface area contributed by atoms with Crippen molar-refractivity contribution >= 4 is 0 Å². The molecule has 3 rings (SSSR count). The second-order valence-electron chi connectivity index (χ2n) is 5.39. The molecular weight excluding hydrogens is 226 g/mol. The second-order valence-corrected chi connectivity index (χ2v) is 5.39. The molecule has 0 amide bonds. The summed E-state index contributed by atoms with van der Waals surface area (Å²) in [7, 11) is 1.79. The Bertz CT molecular complexity index is 453. The number of fused-ring (bicyclic) bond motifs is 1. The summed E-state index contributed by atoms with van der Waals surface area (Å²) < 4.78 is 5.79. The Hall–Kier alpha value is -1.00. The first kappa shape index (κ1) is 12.1. The molecule has 0 spiro atoms. The van der Waals surface area contributed by atoms with E-state index >= 15 is 0 Å². The lowest BCUT2D eigenvalue weighted by Crippen LogP contribution is -2.32. The van der Waals surface area contributed by atoms with Crippen molar-refractivity contribution in [3.8, 4) is 0 Å². The van der Waals surface area contributed by atoms with Crippen LogP contribution in [-0.4, -0.2) is 23.6 Å². The quantitative estimate of drug-likeness (QED) is 0.866. The minimum absolute atomic E-state index is 0.225. The standard InChI is InChI=1S/C14H21N3O/c1-10-11-5-8-15-9-12(11)17-13(16-10)14(18-2)6-3-4-7-14/h15H,3-9H2,1-2H3. The maximum Gasteiger partial charge on any atom is 0.160 e. The van der Waals surface area contributed by atoms with Gasteiger partial charge in [-0.25, -0.2) is 9.97 Å². The Morgan fingerprint density at radius 2 is 2.00 bits per heavy atom. The second kappa shape index (κ2) is 4.59. The van der Waals surface area contributed by atoms with E-state index in [0.29, 0.717) is 0 Å². The first-order chi connectivity index (χ1) is 8.75. The van der Waals surface area contributed by atoms with Gasteiger partial charge in [-0.2, -0.15) is 0 Å². The van der Waals surface area contributed by atoms with Crippen LogP contribution in [0, 0.1) is 6.92 Å². The van der Waals surface area contributed by atoms with Gasteiger partial charge < -0.3 is 10.1 Å². The molecule has 0 radical (unpaired) electrons. The zero-order chi connectivity index (χ0) is 12.6. The average Bonchev–Trinajstić information content (AvgIpc) is 2.89. The summed E-state index contributed by atoms with van der Waals surface area (Å²) in [6.07, 6.45) is 5.57. The maximum absolute atomic E-state index is 5.79. The lowest BCUT2D eigenvalue weighted by atomic mass is 9.98. The molecular formula is C14H21N3O. The minimum Gasteiger partial charge on any atom is -0.370 e. The van der Waals surface area contributed by atoms with Crippen molar-refractivity contribution in [3.63, 3.8) is 0 Å². The van der Waals surface area contributed by atoms with Crippen LogP contribution in [0.1, 0.15) is 48.5 Å². The number of hydrogen-bond acceptors (Lipinski definition) is 4. The number of nitrogens with one attached hydrogen (secondary N) is 1. The summed E-state index contributed by atoms with van der Waals surface area (Å²) >= 11 is 0. The van der Waals surface area contributed by atoms with Crippen LogP contribution in [0.3, 0.4) is 0 Å². The summed E-state index contributed by atoms with van der Waals surface area (Å²) in [5.74, 6) is 0.905. The van der Waals surface area contributed by atoms with E-state index in [4.69, 9.17) is 14.7 Å². The van der Waals surface area contributed by atoms with E-state index in [9.17, 15) is 0 Å². The van der Waals surface area contributed by atoms with Gasteiger partial charge in [-0.3, -0.25) is 0 Å². The zero-order valence-corrected chi connectivity index (χ0v) is 11.3. The summed E-state index contributed by atoms with van der Waals surface area (Å²) in [5, 5.41) is 3.39. The predicted octanol–water partition coefficient (Wildman–Crippen LogP) is 1.85. The monoisotopic (exact) mass is 247 g/mol. The molecule has 0 atom stereocenters. The summed E-state index contributed by atoms with van der Waals surface area (Å²) in [6, 6.07) is 0. The molecule has 0 saturated heterocycles. The Kier molecular flexibility index (Phi) is 3.08. The summed E-state index contributed by atoms with van der Waals surface area (Å²) in [6.45, 7) is 4.01. The van der Waals surface area contributed by atoms with E-state index in [1.54, 1.807) is 7.11 Å². The molecule has 1 saturated carbocycles. The van der Waals surface area contributed by atoms with E-state index in [-0.39, 0.29) is 5.60 Å². The first-order valence-electron chi connectivity index (χ1n) is 6.88. The molecule has 1 aromatic rings. The Morgan fingerprint density at radius 1 is 1.22 bits per heavy atom. The largest absolute Gasteiger partial charge is 0.370 e. The van der Waals surface area contributed by atoms with Crippen LogP contribution in [0.15, 0.2) is 0 Å². The molecule has 0 unspecified atom stereocenters. The van der Waals surface area contributed by atoms with Gasteiger partial charge in [-0.1, -0.05) is 0 Å². The molecule has 0 aromatic carbocycles. The van der Waals surface area contributed by atoms with Crippen molar-refractivity contribution in [2.75, 3.05) is 13.7 Å². The molecule has 1 N–H and O–H groups in total. The van der Waals surface area contributed by atoms with Gasteiger partial charge in [0, 0.05) is 19.3 Å². The normalized spacial score (nSPS) is 21.9. The van der Waals surface area contributed by atoms with Gasteiger partial charge in [0.05, 0.1) is 5.69 Å². The lowest BCUT2D eigenvalue weighted by molar-refractivity contribution is -0.0166. The van der Waals surface area contributed by atoms with E-state index in [1.165, 1.54) is 24.1 Å². The van der Waals surface area contributed by atoms with Crippen molar-refractivity contribution in [2.24, 2.45) is 0 Å². The number of ether oxygens (including phenoxy) is 1. The Labute approximate surface area is 108 Å². The van der Waals surface area contributed by atoms with Crippen molar-refractivity contribution in [1.82, 2.24) is 15.3 Å². The first-order valence-corrected chi connectivity index (χ1v) is 6.88. The fourth-order valence-corrected chi connectivity index (χ4v) is 3.22. The van der Waals surface area contributed by atoms with Gasteiger partial charge in [0.1, 0.15) is 5.60 Å². The van der Waals surface area contributed by atoms with Gasteiger partial charge >= 0.3 is 0 Å². The molecule has 18 heavy (non-hydrogen) atoms. The van der Waals surface area contributed by atoms with Gasteiger partial charge in [0.25, 0.3) is 0 Å². The van der Waals surface area contributed by atoms with Crippen molar-refractivity contribution in [2.45, 2.75) is 51.2 Å². The fourth-order valence-electron chi connectivity index (χ4n) is 3.22. The fraction of sp³-hybridized carbons (Fsp3) is 0.714. The van der Waals surface area contributed by atoms with Crippen molar-refractivity contribution < 1.29 is 4.74 Å². The summed E-state index contributed by atoms with van der Waals surface area (Å²) in [4.78, 5) is 9.55. The van der Waals surface area contributed by atoms with E-state index in [1.807, 2.05) is 0 Å². The Morgan fingerprint density at radius 3 is 2.72 bits per heavy atom. The SMILES string of the molecule is COC1(c2nc(C)c3c(n2)CNCC3)CCCC1. The molecule has 1 aliphatic heterocycles. The molecule has 98 valence electrons. The Balaban J connectivity index is 2.04. The number of rotatable bonds is 2. The molecule has 4 heteroatoms. The summed E-state index contributed by atoms with van der Waals surface area (Å²) in [5.41, 5.74) is 3.42. The number of aryl methyl sites for hydroxylation is 1. The highest BCUT2D eigenvalue weighted by Gasteiger charge is 2.39. The van der Waals surface area contributed by atoms with Crippen LogP contribution >= 0.6 is 0 Å². The third-order valence-corrected chi connectivity index (χ3v) is 4.35. The van der Waals surface area contributed by atoms with Crippen molar-refractivity contribution in [3.05, 3.63) is 22.8 Å². The van der Waals surface area contributed by atoms with E-state index < -0.39 is 0 Å². The maximum atomic E-state index is 5.79. The predicted molar refractivity (Wildman–Crippen MR) is 69.3 cm³/mol. The lowest BCUT2D eigenvalue weighted by Gasteiger charge is -2.28. The number of methoxy groups -OCH3 is 1. The third-order valence-electron chi connectivity index (χ3n) is 4.35. The molecule has 2 heterocycles. The van der Waals surface area contributed by atoms with Crippen molar-refractivity contribution in [1.29, 1.82) is 0 Å². The van der Waals surface area contributed by atoms with Gasteiger partial charge in [0.15, 0.2) is 5.82 Å². The van der Waals surface area contributed by atoms with E-state index in [2.05, 4.69) is 12.2 Å². The zero-order valence-electron chi connectivity index (χ0n) is 11.3. The highest BCUT2D eigenvalue weighted by atomic mass is 16.5. The van der Waals surface area contributed by atoms with Crippen LogP contribution in [0.5, 0.6) is 0 Å². The van der Waals surface area contributed by atoms with Crippen LogP contribution in [0.2, 0.25) is 0 Å². The molecule has 1 fully saturated rings. The highest BCUT2D eigenvalue weighted by molar-refractivity contribution is 5.29. The molecule has 2 aliphatic rings. The third kappa shape index (κ3) is 1.84. The topological polar surface area (TPSA) is 47.0 Å². The van der Waals surface area contributed by atoms with Gasteiger partial charge in [0.2, 0.25) is 0 Å². The molecule has 0 bridgehead atoms. The van der Waals surface area contributed by atoms with Crippen LogP contribution in [0.25, 0.3) is 0 Å². The van der Waals surface area contributed by atoms with Crippen LogP contribution < -0.4 is 5.32 Å². The molecule has 1 aromatic heterocycles. The number of aromatic nitrogens is 2. The highest BCUT2D eigenvalue weighted by Crippen LogP contribution is 2.40. The number of nitrogens with zero attached hydrogens (tertiary/aromatic N) is 2.